The summed E-state index contributed by atoms with van der Waals surface area (Å²) in [5.41, 5.74) is -0.923. The lowest BCUT2D eigenvalue weighted by Gasteiger charge is -2.36. The number of amides is 1. The summed E-state index contributed by atoms with van der Waals surface area (Å²) in [7, 11) is 0. The molecule has 1 amide bonds. The van der Waals surface area contributed by atoms with Crippen LogP contribution in [-0.4, -0.2) is 47.4 Å². The van der Waals surface area contributed by atoms with Crippen LogP contribution in [-0.2, 0) is 14.3 Å². The van der Waals surface area contributed by atoms with E-state index >= 15 is 0 Å². The highest BCUT2D eigenvalue weighted by Crippen LogP contribution is 2.35. The molecule has 4 atom stereocenters. The van der Waals surface area contributed by atoms with E-state index in [1.165, 1.54) is 6.42 Å². The van der Waals surface area contributed by atoms with Crippen LogP contribution in [0.1, 0.15) is 60.3 Å². The van der Waals surface area contributed by atoms with Crippen LogP contribution in [0.3, 0.4) is 0 Å². The van der Waals surface area contributed by atoms with Gasteiger partial charge >= 0.3 is 5.97 Å². The molecule has 0 saturated heterocycles. The molecular weight excluding hydrogens is 322 g/mol. The third-order valence-electron chi connectivity index (χ3n) is 5.27. The van der Waals surface area contributed by atoms with E-state index in [0.717, 1.165) is 12.8 Å². The highest BCUT2D eigenvalue weighted by atomic mass is 16.5. The molecule has 0 aromatic rings. The first kappa shape index (κ1) is 21.9. The Morgan fingerprint density at radius 2 is 1.92 bits per heavy atom. The van der Waals surface area contributed by atoms with Crippen LogP contribution < -0.4 is 5.32 Å². The van der Waals surface area contributed by atoms with Crippen LogP contribution >= 0.6 is 0 Å². The van der Waals surface area contributed by atoms with Gasteiger partial charge in [0.1, 0.15) is 12.2 Å². The van der Waals surface area contributed by atoms with Gasteiger partial charge in [0.15, 0.2) is 0 Å². The zero-order chi connectivity index (χ0) is 19.2. The summed E-state index contributed by atoms with van der Waals surface area (Å²) in [4.78, 5) is 24.0. The van der Waals surface area contributed by atoms with Gasteiger partial charge < -0.3 is 20.3 Å². The normalized spacial score (nSPS) is 25.5. The number of aliphatic hydroxyl groups is 2. The van der Waals surface area contributed by atoms with Gasteiger partial charge in [-0.25, -0.2) is 0 Å². The van der Waals surface area contributed by atoms with Crippen LogP contribution in [0, 0.1) is 23.2 Å². The molecule has 1 aliphatic carbocycles. The lowest BCUT2D eigenvalue weighted by atomic mass is 9.75. The van der Waals surface area contributed by atoms with Crippen molar-refractivity contribution in [2.24, 2.45) is 23.2 Å². The second kappa shape index (κ2) is 9.53. The van der Waals surface area contributed by atoms with Gasteiger partial charge in [-0.3, -0.25) is 9.59 Å². The van der Waals surface area contributed by atoms with Gasteiger partial charge in [-0.05, 0) is 30.6 Å². The molecule has 1 saturated carbocycles. The van der Waals surface area contributed by atoms with E-state index in [9.17, 15) is 19.8 Å². The molecule has 1 fully saturated rings. The number of hydrogen-bond donors (Lipinski definition) is 3. The second-order valence-corrected chi connectivity index (χ2v) is 8.44. The van der Waals surface area contributed by atoms with Gasteiger partial charge in [0, 0.05) is 12.0 Å². The number of carbonyl (C=O) groups is 2. The maximum atomic E-state index is 12.1. The summed E-state index contributed by atoms with van der Waals surface area (Å²) >= 11 is 0. The van der Waals surface area contributed by atoms with Crippen LogP contribution in [0.2, 0.25) is 0 Å². The monoisotopic (exact) mass is 357 g/mol. The fourth-order valence-electron chi connectivity index (χ4n) is 3.30. The molecule has 1 aliphatic rings. The maximum Gasteiger partial charge on any atom is 0.307 e. The number of carbonyl (C=O) groups excluding carboxylic acids is 2. The van der Waals surface area contributed by atoms with Crippen molar-refractivity contribution in [1.82, 2.24) is 5.32 Å². The van der Waals surface area contributed by atoms with E-state index in [1.54, 1.807) is 13.8 Å². The Hall–Kier alpha value is -1.14. The molecule has 25 heavy (non-hydrogen) atoms. The van der Waals surface area contributed by atoms with Crippen molar-refractivity contribution in [3.05, 3.63) is 0 Å². The van der Waals surface area contributed by atoms with Crippen molar-refractivity contribution < 1.29 is 24.5 Å². The van der Waals surface area contributed by atoms with Gasteiger partial charge in [0.05, 0.1) is 13.0 Å². The number of esters is 1. The number of aliphatic hydroxyl groups excluding tert-OH is 2. The lowest BCUT2D eigenvalue weighted by Crippen LogP contribution is -2.46. The molecule has 0 spiro atoms. The predicted molar refractivity (Wildman–Crippen MR) is 95.7 cm³/mol. The zero-order valence-corrected chi connectivity index (χ0v) is 16.2. The summed E-state index contributed by atoms with van der Waals surface area (Å²) in [6, 6.07) is 0. The largest absolute Gasteiger partial charge is 0.462 e. The number of rotatable bonds is 8. The van der Waals surface area contributed by atoms with Crippen molar-refractivity contribution in [1.29, 1.82) is 0 Å². The Morgan fingerprint density at radius 1 is 1.28 bits per heavy atom. The molecule has 0 aromatic heterocycles. The summed E-state index contributed by atoms with van der Waals surface area (Å²) in [5, 5.41) is 21.6. The molecule has 6 nitrogen and oxygen atoms in total. The van der Waals surface area contributed by atoms with E-state index in [-0.39, 0.29) is 31.6 Å². The van der Waals surface area contributed by atoms with Crippen LogP contribution in [0.25, 0.3) is 0 Å². The fraction of sp³-hybridized carbons (Fsp3) is 0.895. The van der Waals surface area contributed by atoms with Crippen molar-refractivity contribution in [2.45, 2.75) is 72.5 Å². The van der Waals surface area contributed by atoms with Gasteiger partial charge in [-0.1, -0.05) is 41.0 Å². The summed E-state index contributed by atoms with van der Waals surface area (Å²) < 4.78 is 5.67. The second-order valence-electron chi connectivity index (χ2n) is 8.44. The Bertz CT molecular complexity index is 449. The maximum absolute atomic E-state index is 12.1. The molecule has 0 aliphatic heterocycles. The third-order valence-corrected chi connectivity index (χ3v) is 5.27. The molecule has 1 rings (SSSR count). The van der Waals surface area contributed by atoms with E-state index in [0.29, 0.717) is 17.8 Å². The summed E-state index contributed by atoms with van der Waals surface area (Å²) in [6.07, 6.45) is 1.85. The minimum atomic E-state index is -1.32. The number of ether oxygens (including phenoxy) is 1. The Kier molecular flexibility index (Phi) is 8.35. The molecule has 0 radical (unpaired) electrons. The minimum absolute atomic E-state index is 0.0501. The van der Waals surface area contributed by atoms with Gasteiger partial charge in [-0.2, -0.15) is 0 Å². The average Bonchev–Trinajstić information content (AvgIpc) is 2.53. The van der Waals surface area contributed by atoms with Gasteiger partial charge in [0.2, 0.25) is 5.91 Å². The molecule has 4 unspecified atom stereocenters. The molecule has 146 valence electrons. The van der Waals surface area contributed by atoms with Gasteiger partial charge in [-0.15, -0.1) is 0 Å². The smallest absolute Gasteiger partial charge is 0.307 e. The number of hydrogen-bond acceptors (Lipinski definition) is 5. The van der Waals surface area contributed by atoms with E-state index in [2.05, 4.69) is 26.1 Å². The van der Waals surface area contributed by atoms with E-state index in [1.807, 2.05) is 0 Å². The molecule has 0 heterocycles. The molecule has 3 N–H and O–H groups in total. The fourth-order valence-corrected chi connectivity index (χ4v) is 3.30. The molecule has 6 heteroatoms. The predicted octanol–water partition coefficient (Wildman–Crippen LogP) is 1.88. The van der Waals surface area contributed by atoms with Crippen molar-refractivity contribution in [3.8, 4) is 0 Å². The first-order valence-corrected chi connectivity index (χ1v) is 9.34. The molecular formula is C19H35NO5. The first-order chi connectivity index (χ1) is 11.6. The zero-order valence-electron chi connectivity index (χ0n) is 16.2. The van der Waals surface area contributed by atoms with Crippen molar-refractivity contribution >= 4 is 11.9 Å². The molecule has 0 bridgehead atoms. The quantitative estimate of drug-likeness (QED) is 0.577. The third kappa shape index (κ3) is 6.59. The van der Waals surface area contributed by atoms with E-state index < -0.39 is 17.4 Å². The highest BCUT2D eigenvalue weighted by molar-refractivity contribution is 5.81. The first-order valence-electron chi connectivity index (χ1n) is 9.34. The highest BCUT2D eigenvalue weighted by Gasteiger charge is 2.34. The van der Waals surface area contributed by atoms with Crippen LogP contribution in [0.4, 0.5) is 0 Å². The summed E-state index contributed by atoms with van der Waals surface area (Å²) in [6.45, 7) is 9.51. The van der Waals surface area contributed by atoms with Crippen LogP contribution in [0.5, 0.6) is 0 Å². The van der Waals surface area contributed by atoms with Crippen molar-refractivity contribution in [2.75, 3.05) is 13.2 Å². The van der Waals surface area contributed by atoms with E-state index in [4.69, 9.17) is 4.74 Å². The Balaban J connectivity index is 2.42. The Labute approximate surface area is 151 Å². The lowest BCUT2D eigenvalue weighted by molar-refractivity contribution is -0.155. The molecule has 0 aromatic carbocycles. The van der Waals surface area contributed by atoms with Crippen LogP contribution in [0.15, 0.2) is 0 Å². The number of nitrogens with one attached hydrogen (secondary N) is 1. The van der Waals surface area contributed by atoms with Gasteiger partial charge in [0.25, 0.3) is 0 Å². The summed E-state index contributed by atoms with van der Waals surface area (Å²) in [5.74, 6) is 0.519. The standard InChI is InChI=1S/C19H35NO5/c1-12(2)14-7-6-13(3)10-15(14)25-16(22)8-9-20-18(24)17(23)19(4,5)11-21/h12-15,17,21,23H,6-11H2,1-5H3,(H,20,24). The SMILES string of the molecule is CC1CCC(C(C)C)C(OC(=O)CCNC(=O)C(O)C(C)(C)CO)C1. The minimum Gasteiger partial charge on any atom is -0.462 e. The Morgan fingerprint density at radius 3 is 2.48 bits per heavy atom. The topological polar surface area (TPSA) is 95.9 Å². The van der Waals surface area contributed by atoms with Crippen molar-refractivity contribution in [3.63, 3.8) is 0 Å². The average molecular weight is 357 g/mol.